The van der Waals surface area contributed by atoms with Gasteiger partial charge in [-0.1, -0.05) is 26.7 Å². The van der Waals surface area contributed by atoms with Crippen LogP contribution in [0.15, 0.2) is 29.1 Å². The van der Waals surface area contributed by atoms with Gasteiger partial charge in [0.1, 0.15) is 22.7 Å². The van der Waals surface area contributed by atoms with Crippen molar-refractivity contribution in [3.63, 3.8) is 0 Å². The smallest absolute Gasteiger partial charge is 0.152 e. The number of fused-ring (bicyclic) bond motifs is 5. The fourth-order valence-corrected chi connectivity index (χ4v) is 5.83. The molecular formula is C26H32N4O2S. The lowest BCUT2D eigenvalue weighted by molar-refractivity contribution is -0.0395. The van der Waals surface area contributed by atoms with Crippen LogP contribution < -0.4 is 4.90 Å². The van der Waals surface area contributed by atoms with E-state index in [0.29, 0.717) is 6.61 Å². The number of rotatable bonds is 8. The van der Waals surface area contributed by atoms with Gasteiger partial charge in [0, 0.05) is 30.5 Å². The Hall–Kier alpha value is -2.51. The molecule has 0 radical (unpaired) electrons. The minimum atomic E-state index is -0.236. The Balaban J connectivity index is 1.74. The summed E-state index contributed by atoms with van der Waals surface area (Å²) in [5.74, 6) is 1.83. The van der Waals surface area contributed by atoms with Crippen LogP contribution in [-0.2, 0) is 17.8 Å². The van der Waals surface area contributed by atoms with Gasteiger partial charge in [0.05, 0.1) is 28.7 Å². The minimum absolute atomic E-state index is 0.236. The van der Waals surface area contributed by atoms with Crippen molar-refractivity contribution in [2.24, 2.45) is 0 Å². The second kappa shape index (κ2) is 9.03. The van der Waals surface area contributed by atoms with E-state index in [9.17, 15) is 0 Å². The number of anilines is 1. The Kier molecular flexibility index (Phi) is 6.10. The normalized spacial score (nSPS) is 15.3. The summed E-state index contributed by atoms with van der Waals surface area (Å²) in [5.41, 5.74) is 4.07. The van der Waals surface area contributed by atoms with Crippen LogP contribution in [-0.4, -0.2) is 33.6 Å². The zero-order valence-corrected chi connectivity index (χ0v) is 20.8. The van der Waals surface area contributed by atoms with Gasteiger partial charge in [-0.05, 0) is 44.4 Å². The predicted octanol–water partition coefficient (Wildman–Crippen LogP) is 6.76. The molecule has 174 valence electrons. The highest BCUT2D eigenvalue weighted by atomic mass is 32.1. The summed E-state index contributed by atoms with van der Waals surface area (Å²) in [6.45, 7) is 11.3. The molecule has 5 rings (SSSR count). The molecule has 0 unspecified atom stereocenters. The molecule has 0 saturated heterocycles. The number of unbranched alkanes of at least 4 members (excludes halogenated alkanes) is 2. The minimum Gasteiger partial charge on any atom is -0.463 e. The monoisotopic (exact) mass is 464 g/mol. The maximum Gasteiger partial charge on any atom is 0.152 e. The molecule has 0 atom stereocenters. The van der Waals surface area contributed by atoms with Crippen molar-refractivity contribution in [2.45, 2.75) is 72.0 Å². The summed E-state index contributed by atoms with van der Waals surface area (Å²) in [5, 5.41) is 1.16. The van der Waals surface area contributed by atoms with E-state index in [0.717, 1.165) is 75.6 Å². The topological polar surface area (TPSA) is 64.3 Å². The molecule has 0 amide bonds. The molecule has 1 aliphatic rings. The van der Waals surface area contributed by atoms with Gasteiger partial charge in [0.2, 0.25) is 0 Å². The number of aromatic nitrogens is 3. The molecule has 6 nitrogen and oxygen atoms in total. The first-order valence-corrected chi connectivity index (χ1v) is 12.9. The Bertz CT molecular complexity index is 1250. The third kappa shape index (κ3) is 4.13. The lowest BCUT2D eigenvalue weighted by Gasteiger charge is -2.32. The van der Waals surface area contributed by atoms with Crippen LogP contribution in [0.25, 0.3) is 31.9 Å². The number of hydrogen-bond donors (Lipinski definition) is 0. The summed E-state index contributed by atoms with van der Waals surface area (Å²) < 4.78 is 13.1. The lowest BCUT2D eigenvalue weighted by atomic mass is 9.89. The first kappa shape index (κ1) is 22.3. The highest BCUT2D eigenvalue weighted by Crippen LogP contribution is 2.44. The molecule has 33 heavy (non-hydrogen) atoms. The third-order valence-corrected chi connectivity index (χ3v) is 7.50. The van der Waals surface area contributed by atoms with Crippen molar-refractivity contribution < 1.29 is 9.15 Å². The van der Waals surface area contributed by atoms with Crippen molar-refractivity contribution in [2.75, 3.05) is 18.0 Å². The second-order valence-electron chi connectivity index (χ2n) is 9.47. The van der Waals surface area contributed by atoms with Crippen LogP contribution in [0, 0.1) is 0 Å². The molecule has 0 spiro atoms. The molecule has 5 heterocycles. The van der Waals surface area contributed by atoms with Gasteiger partial charge >= 0.3 is 0 Å². The van der Waals surface area contributed by atoms with E-state index in [2.05, 4.69) is 32.6 Å². The molecule has 0 bridgehead atoms. The Morgan fingerprint density at radius 2 is 1.88 bits per heavy atom. The van der Waals surface area contributed by atoms with Crippen LogP contribution in [0.2, 0.25) is 0 Å². The third-order valence-electron chi connectivity index (χ3n) is 6.43. The summed E-state index contributed by atoms with van der Waals surface area (Å²) >= 11 is 1.71. The predicted molar refractivity (Wildman–Crippen MR) is 135 cm³/mol. The summed E-state index contributed by atoms with van der Waals surface area (Å²) in [7, 11) is 0. The first-order valence-electron chi connectivity index (χ1n) is 12.0. The van der Waals surface area contributed by atoms with Crippen molar-refractivity contribution >= 4 is 37.6 Å². The molecule has 4 aromatic rings. The highest BCUT2D eigenvalue weighted by molar-refractivity contribution is 7.26. The zero-order valence-electron chi connectivity index (χ0n) is 20.0. The molecule has 0 saturated carbocycles. The van der Waals surface area contributed by atoms with Crippen molar-refractivity contribution in [3.8, 4) is 11.5 Å². The Labute approximate surface area is 199 Å². The number of thiophene rings is 1. The maximum absolute atomic E-state index is 6.20. The quantitative estimate of drug-likeness (QED) is 0.287. The average Bonchev–Trinajstić information content (AvgIpc) is 3.46. The van der Waals surface area contributed by atoms with Gasteiger partial charge in [-0.25, -0.2) is 15.0 Å². The number of pyridine rings is 1. The molecule has 7 heteroatoms. The van der Waals surface area contributed by atoms with Gasteiger partial charge < -0.3 is 14.1 Å². The number of ether oxygens (including phenoxy) is 1. The van der Waals surface area contributed by atoms with Crippen LogP contribution in [0.1, 0.15) is 64.5 Å². The van der Waals surface area contributed by atoms with Crippen LogP contribution in [0.4, 0.5) is 5.82 Å². The summed E-state index contributed by atoms with van der Waals surface area (Å²) in [4.78, 5) is 18.1. The van der Waals surface area contributed by atoms with E-state index in [1.165, 1.54) is 18.4 Å². The van der Waals surface area contributed by atoms with E-state index in [1.54, 1.807) is 23.9 Å². The van der Waals surface area contributed by atoms with E-state index in [4.69, 9.17) is 24.1 Å². The fraction of sp³-hybridized carbons (Fsp3) is 0.500. The zero-order chi connectivity index (χ0) is 23.0. The van der Waals surface area contributed by atoms with E-state index in [1.807, 2.05) is 12.1 Å². The number of hydrogen-bond acceptors (Lipinski definition) is 7. The molecule has 0 fully saturated rings. The van der Waals surface area contributed by atoms with Crippen molar-refractivity contribution in [1.29, 1.82) is 0 Å². The van der Waals surface area contributed by atoms with Gasteiger partial charge in [0.25, 0.3) is 0 Å². The first-order chi connectivity index (χ1) is 16.0. The van der Waals surface area contributed by atoms with Gasteiger partial charge in [-0.15, -0.1) is 11.3 Å². The highest BCUT2D eigenvalue weighted by Gasteiger charge is 2.32. The molecule has 0 aliphatic carbocycles. The Morgan fingerprint density at radius 3 is 2.58 bits per heavy atom. The van der Waals surface area contributed by atoms with Crippen LogP contribution in [0.5, 0.6) is 0 Å². The summed E-state index contributed by atoms with van der Waals surface area (Å²) in [6.07, 6.45) is 8.89. The standard InChI is InChI=1S/C26H32N4O2S/c1-5-7-11-30(12-8-6-2)24-23-22(27-16-28-24)20-17-14-26(3,4)32-15-18(17)21(29-25(20)33-23)19-10-9-13-31-19/h9-10,13,16H,5-8,11-12,14-15H2,1-4H3. The summed E-state index contributed by atoms with van der Waals surface area (Å²) in [6, 6.07) is 3.89. The second-order valence-corrected chi connectivity index (χ2v) is 10.5. The molecule has 0 aromatic carbocycles. The van der Waals surface area contributed by atoms with Crippen LogP contribution >= 0.6 is 11.3 Å². The van der Waals surface area contributed by atoms with Crippen molar-refractivity contribution in [1.82, 2.24) is 15.0 Å². The lowest BCUT2D eigenvalue weighted by Crippen LogP contribution is -2.32. The Morgan fingerprint density at radius 1 is 1.09 bits per heavy atom. The largest absolute Gasteiger partial charge is 0.463 e. The molecule has 1 aliphatic heterocycles. The van der Waals surface area contributed by atoms with Crippen molar-refractivity contribution in [3.05, 3.63) is 35.9 Å². The van der Waals surface area contributed by atoms with Gasteiger partial charge in [0.15, 0.2) is 5.76 Å². The molecule has 0 N–H and O–H groups in total. The average molecular weight is 465 g/mol. The van der Waals surface area contributed by atoms with Gasteiger partial charge in [-0.2, -0.15) is 0 Å². The molecular weight excluding hydrogens is 432 g/mol. The van der Waals surface area contributed by atoms with Crippen LogP contribution in [0.3, 0.4) is 0 Å². The number of nitrogens with zero attached hydrogens (tertiary/aromatic N) is 4. The fourth-order valence-electron chi connectivity index (χ4n) is 4.66. The molecule has 4 aromatic heterocycles. The van der Waals surface area contributed by atoms with E-state index in [-0.39, 0.29) is 5.60 Å². The van der Waals surface area contributed by atoms with Gasteiger partial charge in [-0.3, -0.25) is 0 Å². The SMILES string of the molecule is CCCCN(CCCC)c1ncnc2c1sc1nc(-c3ccco3)c3c(c12)CC(C)(C)OC3. The van der Waals surface area contributed by atoms with E-state index < -0.39 is 0 Å². The maximum atomic E-state index is 6.20. The van der Waals surface area contributed by atoms with E-state index >= 15 is 0 Å². The number of furan rings is 1.